The molecule has 0 aromatic heterocycles. The van der Waals surface area contributed by atoms with Gasteiger partial charge in [-0.3, -0.25) is 4.79 Å². The molecule has 1 aliphatic rings. The summed E-state index contributed by atoms with van der Waals surface area (Å²) in [5.41, 5.74) is 6.28. The number of nitrogens with one attached hydrogen (secondary N) is 1. The van der Waals surface area contributed by atoms with Gasteiger partial charge in [0.25, 0.3) is 0 Å². The fourth-order valence-electron chi connectivity index (χ4n) is 1.84. The lowest BCUT2D eigenvalue weighted by molar-refractivity contribution is -0.115. The van der Waals surface area contributed by atoms with Crippen molar-refractivity contribution >= 4 is 23.4 Å². The standard InChI is InChI=1S/C13H18N2OS/c14-13(16)9-17-12-7-2-1-6-11(12)15-8-10-4-3-5-10/h1-2,6-7,10,15H,3-5,8-9H2,(H2,14,16). The molecule has 4 heteroatoms. The molecule has 0 heterocycles. The number of thioether (sulfide) groups is 1. The lowest BCUT2D eigenvalue weighted by Crippen LogP contribution is -2.21. The largest absolute Gasteiger partial charge is 0.384 e. The number of rotatable bonds is 6. The summed E-state index contributed by atoms with van der Waals surface area (Å²) in [7, 11) is 0. The second kappa shape index (κ2) is 5.96. The SMILES string of the molecule is NC(=O)CSc1ccccc1NCC1CCC1. The molecule has 1 amide bonds. The first-order valence-electron chi connectivity index (χ1n) is 5.99. The van der Waals surface area contributed by atoms with Crippen molar-refractivity contribution in [1.82, 2.24) is 0 Å². The van der Waals surface area contributed by atoms with E-state index in [1.165, 1.54) is 31.0 Å². The van der Waals surface area contributed by atoms with Crippen LogP contribution in [0.2, 0.25) is 0 Å². The Labute approximate surface area is 106 Å². The Bertz CT molecular complexity index is 391. The molecule has 0 atom stereocenters. The number of primary amides is 1. The van der Waals surface area contributed by atoms with Crippen molar-refractivity contribution in [3.05, 3.63) is 24.3 Å². The molecule has 1 fully saturated rings. The second-order valence-corrected chi connectivity index (χ2v) is 5.45. The van der Waals surface area contributed by atoms with E-state index in [2.05, 4.69) is 11.4 Å². The molecule has 2 rings (SSSR count). The van der Waals surface area contributed by atoms with Gasteiger partial charge in [0.1, 0.15) is 0 Å². The average Bonchev–Trinajstić information content (AvgIpc) is 2.25. The Morgan fingerprint density at radius 3 is 2.82 bits per heavy atom. The van der Waals surface area contributed by atoms with Gasteiger partial charge < -0.3 is 11.1 Å². The van der Waals surface area contributed by atoms with Crippen molar-refractivity contribution < 1.29 is 4.79 Å². The van der Waals surface area contributed by atoms with E-state index < -0.39 is 0 Å². The molecule has 1 aromatic carbocycles. The highest BCUT2D eigenvalue weighted by molar-refractivity contribution is 8.00. The van der Waals surface area contributed by atoms with Crippen molar-refractivity contribution in [2.45, 2.75) is 24.2 Å². The Morgan fingerprint density at radius 2 is 2.18 bits per heavy atom. The Kier molecular flexibility index (Phi) is 4.31. The molecule has 92 valence electrons. The molecule has 0 bridgehead atoms. The van der Waals surface area contributed by atoms with Crippen LogP contribution >= 0.6 is 11.8 Å². The molecule has 1 aliphatic carbocycles. The number of nitrogens with two attached hydrogens (primary N) is 1. The van der Waals surface area contributed by atoms with Gasteiger partial charge in [-0.05, 0) is 30.9 Å². The summed E-state index contributed by atoms with van der Waals surface area (Å²) in [5, 5.41) is 3.47. The van der Waals surface area contributed by atoms with Crippen LogP contribution in [0.5, 0.6) is 0 Å². The quantitative estimate of drug-likeness (QED) is 0.763. The molecule has 0 radical (unpaired) electrons. The number of hydrogen-bond acceptors (Lipinski definition) is 3. The van der Waals surface area contributed by atoms with E-state index in [4.69, 9.17) is 5.73 Å². The molecule has 3 N–H and O–H groups in total. The van der Waals surface area contributed by atoms with Crippen molar-refractivity contribution in [3.63, 3.8) is 0 Å². The Balaban J connectivity index is 1.91. The zero-order valence-electron chi connectivity index (χ0n) is 9.82. The highest BCUT2D eigenvalue weighted by Crippen LogP contribution is 2.30. The number of carbonyl (C=O) groups is 1. The first-order chi connectivity index (χ1) is 8.25. The van der Waals surface area contributed by atoms with E-state index in [0.29, 0.717) is 5.75 Å². The summed E-state index contributed by atoms with van der Waals surface area (Å²) in [6.07, 6.45) is 4.04. The van der Waals surface area contributed by atoms with Crippen LogP contribution in [0, 0.1) is 5.92 Å². The molecule has 3 nitrogen and oxygen atoms in total. The third kappa shape index (κ3) is 3.66. The topological polar surface area (TPSA) is 55.1 Å². The summed E-state index contributed by atoms with van der Waals surface area (Å²) in [5.74, 6) is 0.885. The van der Waals surface area contributed by atoms with Crippen LogP contribution in [0.1, 0.15) is 19.3 Å². The average molecular weight is 250 g/mol. The molecule has 1 saturated carbocycles. The minimum absolute atomic E-state index is 0.274. The van der Waals surface area contributed by atoms with E-state index in [1.54, 1.807) is 0 Å². The normalized spacial score (nSPS) is 15.3. The van der Waals surface area contributed by atoms with Crippen LogP contribution < -0.4 is 11.1 Å². The van der Waals surface area contributed by atoms with Crippen molar-refractivity contribution in [1.29, 1.82) is 0 Å². The molecule has 17 heavy (non-hydrogen) atoms. The van der Waals surface area contributed by atoms with Crippen LogP contribution in [0.15, 0.2) is 29.2 Å². The van der Waals surface area contributed by atoms with Crippen molar-refractivity contribution in [2.24, 2.45) is 11.7 Å². The van der Waals surface area contributed by atoms with Gasteiger partial charge in [-0.15, -0.1) is 11.8 Å². The van der Waals surface area contributed by atoms with E-state index in [0.717, 1.165) is 23.0 Å². The molecular weight excluding hydrogens is 232 g/mol. The van der Waals surface area contributed by atoms with Gasteiger partial charge in [0.15, 0.2) is 0 Å². The number of anilines is 1. The van der Waals surface area contributed by atoms with E-state index in [-0.39, 0.29) is 5.91 Å². The molecule has 0 aliphatic heterocycles. The fourth-order valence-corrected chi connectivity index (χ4v) is 2.61. The number of benzene rings is 1. The first kappa shape index (κ1) is 12.3. The zero-order chi connectivity index (χ0) is 12.1. The molecule has 1 aromatic rings. The van der Waals surface area contributed by atoms with Gasteiger partial charge in [-0.2, -0.15) is 0 Å². The summed E-state index contributed by atoms with van der Waals surface area (Å²) in [4.78, 5) is 11.9. The molecular formula is C13H18N2OS. The monoisotopic (exact) mass is 250 g/mol. The minimum atomic E-state index is -0.274. The molecule has 0 saturated heterocycles. The van der Waals surface area contributed by atoms with Crippen LogP contribution in [0.3, 0.4) is 0 Å². The number of amides is 1. The van der Waals surface area contributed by atoms with Gasteiger partial charge in [0.2, 0.25) is 5.91 Å². The van der Waals surface area contributed by atoms with Crippen LogP contribution in [-0.2, 0) is 4.79 Å². The number of hydrogen-bond donors (Lipinski definition) is 2. The lowest BCUT2D eigenvalue weighted by Gasteiger charge is -2.26. The summed E-state index contributed by atoms with van der Waals surface area (Å²) >= 11 is 1.50. The van der Waals surface area contributed by atoms with Gasteiger partial charge in [0.05, 0.1) is 5.75 Å². The Morgan fingerprint density at radius 1 is 1.41 bits per heavy atom. The van der Waals surface area contributed by atoms with E-state index in [1.807, 2.05) is 18.2 Å². The maximum absolute atomic E-state index is 10.8. The third-order valence-electron chi connectivity index (χ3n) is 3.06. The lowest BCUT2D eigenvalue weighted by atomic mass is 9.85. The maximum Gasteiger partial charge on any atom is 0.227 e. The minimum Gasteiger partial charge on any atom is -0.384 e. The van der Waals surface area contributed by atoms with Gasteiger partial charge in [-0.1, -0.05) is 18.6 Å². The first-order valence-corrected chi connectivity index (χ1v) is 6.98. The van der Waals surface area contributed by atoms with E-state index in [9.17, 15) is 4.79 Å². The highest BCUT2D eigenvalue weighted by atomic mass is 32.2. The van der Waals surface area contributed by atoms with Crippen LogP contribution in [-0.4, -0.2) is 18.2 Å². The van der Waals surface area contributed by atoms with Gasteiger partial charge in [-0.25, -0.2) is 0 Å². The predicted octanol–water partition coefficient (Wildman–Crippen LogP) is 2.48. The third-order valence-corrected chi connectivity index (χ3v) is 4.16. The number of para-hydroxylation sites is 1. The smallest absolute Gasteiger partial charge is 0.227 e. The fraction of sp³-hybridized carbons (Fsp3) is 0.462. The summed E-state index contributed by atoms with van der Waals surface area (Å²) in [6.45, 7) is 1.04. The maximum atomic E-state index is 10.8. The zero-order valence-corrected chi connectivity index (χ0v) is 10.6. The molecule has 0 spiro atoms. The summed E-state index contributed by atoms with van der Waals surface area (Å²) < 4.78 is 0. The predicted molar refractivity (Wildman–Crippen MR) is 72.2 cm³/mol. The van der Waals surface area contributed by atoms with Crippen LogP contribution in [0.4, 0.5) is 5.69 Å². The highest BCUT2D eigenvalue weighted by Gasteiger charge is 2.17. The van der Waals surface area contributed by atoms with Gasteiger partial charge >= 0.3 is 0 Å². The second-order valence-electron chi connectivity index (χ2n) is 4.43. The van der Waals surface area contributed by atoms with Crippen LogP contribution in [0.25, 0.3) is 0 Å². The van der Waals surface area contributed by atoms with Crippen molar-refractivity contribution in [3.8, 4) is 0 Å². The summed E-state index contributed by atoms with van der Waals surface area (Å²) in [6, 6.07) is 8.08. The van der Waals surface area contributed by atoms with E-state index >= 15 is 0 Å². The molecule has 0 unspecified atom stereocenters. The number of carbonyl (C=O) groups excluding carboxylic acids is 1. The Hall–Kier alpha value is -1.16. The van der Waals surface area contributed by atoms with Gasteiger partial charge in [0, 0.05) is 17.1 Å². The van der Waals surface area contributed by atoms with Crippen molar-refractivity contribution in [2.75, 3.05) is 17.6 Å².